The quantitative estimate of drug-likeness (QED) is 0.573. The lowest BCUT2D eigenvalue weighted by molar-refractivity contribution is 0.108. The van der Waals surface area contributed by atoms with Gasteiger partial charge in [0.25, 0.3) is 0 Å². The third-order valence-electron chi connectivity index (χ3n) is 5.71. The molecule has 2 aromatic carbocycles. The summed E-state index contributed by atoms with van der Waals surface area (Å²) in [7, 11) is 0. The fourth-order valence-corrected chi connectivity index (χ4v) is 4.05. The van der Waals surface area contributed by atoms with Gasteiger partial charge < -0.3 is 9.64 Å². The molecule has 1 fully saturated rings. The summed E-state index contributed by atoms with van der Waals surface area (Å²) in [4.78, 5) is 4.98. The van der Waals surface area contributed by atoms with Gasteiger partial charge in [0.2, 0.25) is 0 Å². The van der Waals surface area contributed by atoms with Crippen LogP contribution in [0.4, 0.5) is 0 Å². The average molecular weight is 407 g/mol. The summed E-state index contributed by atoms with van der Waals surface area (Å²) in [5.41, 5.74) is 2.37. The predicted octanol–water partition coefficient (Wildman–Crippen LogP) is 2.85. The van der Waals surface area contributed by atoms with Crippen LogP contribution in [0.3, 0.4) is 0 Å². The molecule has 1 aliphatic rings. The lowest BCUT2D eigenvalue weighted by Crippen LogP contribution is -2.48. The van der Waals surface area contributed by atoms with Gasteiger partial charge in [0.05, 0.1) is 19.2 Å². The Kier molecular flexibility index (Phi) is 6.71. The molecular weight excluding hydrogens is 376 g/mol. The number of piperazine rings is 1. The van der Waals surface area contributed by atoms with Gasteiger partial charge in [0, 0.05) is 26.2 Å². The smallest absolute Gasteiger partial charge is 0.173 e. The second-order valence-electron chi connectivity index (χ2n) is 7.56. The number of tetrazole rings is 1. The first-order chi connectivity index (χ1) is 14.8. The standard InChI is InChI=1S/C23H30N6O/c1-3-27-14-16-28(17-15-27)22(20-10-12-21(13-11-20)30-4-2)23-24-25-26-29(23)18-19-8-6-5-7-9-19/h5-13,22H,3-4,14-18H2,1-2H3/t22-/m1/s1. The molecule has 1 atom stereocenters. The highest BCUT2D eigenvalue weighted by molar-refractivity contribution is 5.32. The summed E-state index contributed by atoms with van der Waals surface area (Å²) in [5, 5.41) is 12.8. The van der Waals surface area contributed by atoms with Crippen molar-refractivity contribution in [1.29, 1.82) is 0 Å². The Bertz CT molecular complexity index is 903. The molecular formula is C23H30N6O. The van der Waals surface area contributed by atoms with Gasteiger partial charge in [0.15, 0.2) is 5.82 Å². The monoisotopic (exact) mass is 406 g/mol. The van der Waals surface area contributed by atoms with E-state index in [1.165, 1.54) is 11.1 Å². The molecule has 1 aliphatic heterocycles. The number of rotatable bonds is 8. The second kappa shape index (κ2) is 9.82. The molecule has 158 valence electrons. The topological polar surface area (TPSA) is 59.3 Å². The molecule has 0 radical (unpaired) electrons. The third kappa shape index (κ3) is 4.68. The molecule has 7 heteroatoms. The number of likely N-dealkylation sites (N-methyl/N-ethyl adjacent to an activating group) is 1. The SMILES string of the molecule is CCOc1ccc([C@H](c2nnnn2Cc2ccccc2)N2CCN(CC)CC2)cc1. The first-order valence-electron chi connectivity index (χ1n) is 10.8. The zero-order valence-corrected chi connectivity index (χ0v) is 17.8. The Balaban J connectivity index is 1.65. The highest BCUT2D eigenvalue weighted by atomic mass is 16.5. The van der Waals surface area contributed by atoms with E-state index in [1.54, 1.807) is 0 Å². The Hall–Kier alpha value is -2.77. The van der Waals surface area contributed by atoms with Crippen molar-refractivity contribution in [2.45, 2.75) is 26.4 Å². The van der Waals surface area contributed by atoms with Crippen LogP contribution < -0.4 is 4.74 Å². The van der Waals surface area contributed by atoms with E-state index in [0.29, 0.717) is 13.2 Å². The molecule has 0 bridgehead atoms. The molecule has 4 rings (SSSR count). The Morgan fingerprint density at radius 3 is 2.33 bits per heavy atom. The molecule has 0 unspecified atom stereocenters. The van der Waals surface area contributed by atoms with E-state index < -0.39 is 0 Å². The van der Waals surface area contributed by atoms with Crippen molar-refractivity contribution in [2.75, 3.05) is 39.3 Å². The van der Waals surface area contributed by atoms with E-state index in [1.807, 2.05) is 41.9 Å². The van der Waals surface area contributed by atoms with Crippen LogP contribution in [0.5, 0.6) is 5.75 Å². The van der Waals surface area contributed by atoms with Gasteiger partial charge in [-0.1, -0.05) is 49.4 Å². The van der Waals surface area contributed by atoms with Gasteiger partial charge in [-0.3, -0.25) is 4.90 Å². The highest BCUT2D eigenvalue weighted by Gasteiger charge is 2.30. The average Bonchev–Trinajstić information content (AvgIpc) is 3.24. The van der Waals surface area contributed by atoms with Crippen molar-refractivity contribution in [1.82, 2.24) is 30.0 Å². The van der Waals surface area contributed by atoms with Crippen LogP contribution in [0.1, 0.15) is 36.8 Å². The molecule has 0 N–H and O–H groups in total. The summed E-state index contributed by atoms with van der Waals surface area (Å²) in [5.74, 6) is 1.77. The summed E-state index contributed by atoms with van der Waals surface area (Å²) in [6.45, 7) is 10.7. The Labute approximate surface area is 178 Å². The van der Waals surface area contributed by atoms with Crippen molar-refractivity contribution >= 4 is 0 Å². The molecule has 7 nitrogen and oxygen atoms in total. The van der Waals surface area contributed by atoms with Crippen LogP contribution in [-0.4, -0.2) is 69.3 Å². The summed E-state index contributed by atoms with van der Waals surface area (Å²) in [6.07, 6.45) is 0. The Morgan fingerprint density at radius 1 is 0.933 bits per heavy atom. The van der Waals surface area contributed by atoms with Crippen LogP contribution in [-0.2, 0) is 6.54 Å². The molecule has 3 aromatic rings. The molecule has 1 aromatic heterocycles. The first-order valence-corrected chi connectivity index (χ1v) is 10.8. The lowest BCUT2D eigenvalue weighted by Gasteiger charge is -2.38. The third-order valence-corrected chi connectivity index (χ3v) is 5.71. The van der Waals surface area contributed by atoms with Gasteiger partial charge in [-0.15, -0.1) is 5.10 Å². The van der Waals surface area contributed by atoms with Crippen molar-refractivity contribution in [3.8, 4) is 5.75 Å². The summed E-state index contributed by atoms with van der Waals surface area (Å²) < 4.78 is 7.58. The van der Waals surface area contributed by atoms with E-state index in [0.717, 1.165) is 44.3 Å². The molecule has 0 spiro atoms. The van der Waals surface area contributed by atoms with Gasteiger partial charge in [-0.05, 0) is 47.2 Å². The maximum atomic E-state index is 5.64. The van der Waals surface area contributed by atoms with Gasteiger partial charge in [-0.25, -0.2) is 4.68 Å². The summed E-state index contributed by atoms with van der Waals surface area (Å²) >= 11 is 0. The molecule has 0 aliphatic carbocycles. The molecule has 30 heavy (non-hydrogen) atoms. The minimum atomic E-state index is 0.0124. The largest absolute Gasteiger partial charge is 0.494 e. The van der Waals surface area contributed by atoms with Crippen LogP contribution in [0, 0.1) is 0 Å². The van der Waals surface area contributed by atoms with Gasteiger partial charge in [-0.2, -0.15) is 0 Å². The molecule has 1 saturated heterocycles. The van der Waals surface area contributed by atoms with Gasteiger partial charge in [0.1, 0.15) is 5.75 Å². The first kappa shape index (κ1) is 20.5. The van der Waals surface area contributed by atoms with E-state index >= 15 is 0 Å². The van der Waals surface area contributed by atoms with E-state index in [4.69, 9.17) is 4.74 Å². The number of benzene rings is 2. The van der Waals surface area contributed by atoms with Gasteiger partial charge >= 0.3 is 0 Å². The second-order valence-corrected chi connectivity index (χ2v) is 7.56. The minimum Gasteiger partial charge on any atom is -0.494 e. The van der Waals surface area contributed by atoms with Crippen molar-refractivity contribution in [2.24, 2.45) is 0 Å². The maximum absolute atomic E-state index is 5.64. The fourth-order valence-electron chi connectivity index (χ4n) is 4.05. The fraction of sp³-hybridized carbons (Fsp3) is 0.435. The number of nitrogens with zero attached hydrogens (tertiary/aromatic N) is 6. The Morgan fingerprint density at radius 2 is 1.67 bits per heavy atom. The number of hydrogen-bond donors (Lipinski definition) is 0. The van der Waals surface area contributed by atoms with Crippen molar-refractivity contribution in [3.05, 3.63) is 71.5 Å². The number of hydrogen-bond acceptors (Lipinski definition) is 6. The van der Waals surface area contributed by atoms with Crippen LogP contribution in [0.15, 0.2) is 54.6 Å². The normalized spacial score (nSPS) is 16.5. The lowest BCUT2D eigenvalue weighted by atomic mass is 10.0. The van der Waals surface area contributed by atoms with Crippen LogP contribution >= 0.6 is 0 Å². The van der Waals surface area contributed by atoms with E-state index in [9.17, 15) is 0 Å². The molecule has 0 saturated carbocycles. The minimum absolute atomic E-state index is 0.0124. The molecule has 0 amide bonds. The van der Waals surface area contributed by atoms with Crippen LogP contribution in [0.25, 0.3) is 0 Å². The highest BCUT2D eigenvalue weighted by Crippen LogP contribution is 2.29. The summed E-state index contributed by atoms with van der Waals surface area (Å²) in [6, 6.07) is 18.7. The maximum Gasteiger partial charge on any atom is 0.173 e. The molecule has 2 heterocycles. The zero-order valence-electron chi connectivity index (χ0n) is 17.8. The number of ether oxygens (including phenoxy) is 1. The predicted molar refractivity (Wildman–Crippen MR) is 117 cm³/mol. The zero-order chi connectivity index (χ0) is 20.8. The van der Waals surface area contributed by atoms with Crippen molar-refractivity contribution < 1.29 is 4.74 Å². The number of aromatic nitrogens is 4. The van der Waals surface area contributed by atoms with Crippen molar-refractivity contribution in [3.63, 3.8) is 0 Å². The van der Waals surface area contributed by atoms with E-state index in [2.05, 4.69) is 56.5 Å². The van der Waals surface area contributed by atoms with E-state index in [-0.39, 0.29) is 6.04 Å². The van der Waals surface area contributed by atoms with Crippen LogP contribution in [0.2, 0.25) is 0 Å².